The molecule has 0 radical (unpaired) electrons. The molecule has 96 valence electrons. The molecule has 1 N–H and O–H groups in total. The molecule has 0 unspecified atom stereocenters. The van der Waals surface area contributed by atoms with Gasteiger partial charge < -0.3 is 4.79 Å². The molecule has 0 bridgehead atoms. The van der Waals surface area contributed by atoms with E-state index < -0.39 is 10.1 Å². The molecule has 1 aromatic carbocycles. The number of hydrogen-bond donors (Lipinski definition) is 1. The summed E-state index contributed by atoms with van der Waals surface area (Å²) in [6.45, 7) is 5.44. The lowest BCUT2D eigenvalue weighted by atomic mass is 10.1. The minimum atomic E-state index is -4.06. The minimum Gasteiger partial charge on any atom is -0.303 e. The Balaban J connectivity index is 0.000000437. The number of hydrogen-bond acceptors (Lipinski definition) is 3. The van der Waals surface area contributed by atoms with E-state index in [-0.39, 0.29) is 4.90 Å². The highest BCUT2D eigenvalue weighted by atomic mass is 32.2. The number of benzene rings is 1. The highest BCUT2D eigenvalue weighted by Gasteiger charge is 2.12. The fraction of sp³-hybridized carbons (Fsp3) is 0.417. The molecule has 0 aliphatic carbocycles. The second kappa shape index (κ2) is 7.19. The Bertz CT molecular complexity index is 463. The maximum atomic E-state index is 10.8. The van der Waals surface area contributed by atoms with E-state index in [9.17, 15) is 13.2 Å². The number of carbonyl (C=O) groups is 1. The molecule has 0 aromatic heterocycles. The lowest BCUT2D eigenvalue weighted by Crippen LogP contribution is -2.01. The van der Waals surface area contributed by atoms with E-state index in [1.807, 2.05) is 6.92 Å². The summed E-state index contributed by atoms with van der Waals surface area (Å²) in [5.74, 6) is 0. The topological polar surface area (TPSA) is 71.4 Å². The zero-order chi connectivity index (χ0) is 13.5. The Morgan fingerprint density at radius 3 is 2.18 bits per heavy atom. The zero-order valence-electron chi connectivity index (χ0n) is 10.3. The minimum absolute atomic E-state index is 0.0116. The monoisotopic (exact) mass is 258 g/mol. The predicted octanol–water partition coefficient (Wildman–Crippen LogP) is 2.54. The molecule has 0 amide bonds. The molecule has 0 saturated carbocycles. The van der Waals surface area contributed by atoms with E-state index in [4.69, 9.17) is 4.55 Å². The molecule has 1 aromatic rings. The standard InChI is InChI=1S/C8H10O3S.C4H8O/c1-6-4-3-5-8(7(6)2)12(9,10)11;1-2-3-4-5/h3-5H,1-2H3,(H,9,10,11);4H,2-3H2,1H3. The second-order valence-electron chi connectivity index (χ2n) is 3.63. The first-order valence-electron chi connectivity index (χ1n) is 5.32. The van der Waals surface area contributed by atoms with Crippen LogP contribution in [0.4, 0.5) is 0 Å². The van der Waals surface area contributed by atoms with Crippen molar-refractivity contribution in [2.75, 3.05) is 0 Å². The molecule has 4 nitrogen and oxygen atoms in total. The van der Waals surface area contributed by atoms with Crippen molar-refractivity contribution in [3.8, 4) is 0 Å². The fourth-order valence-corrected chi connectivity index (χ4v) is 1.92. The van der Waals surface area contributed by atoms with Gasteiger partial charge in [-0.15, -0.1) is 0 Å². The first-order valence-corrected chi connectivity index (χ1v) is 6.76. The third kappa shape index (κ3) is 5.60. The molecule has 0 fully saturated rings. The highest BCUT2D eigenvalue weighted by molar-refractivity contribution is 7.85. The van der Waals surface area contributed by atoms with Crippen LogP contribution < -0.4 is 0 Å². The van der Waals surface area contributed by atoms with Crippen LogP contribution >= 0.6 is 0 Å². The van der Waals surface area contributed by atoms with E-state index in [1.165, 1.54) is 6.07 Å². The van der Waals surface area contributed by atoms with Crippen LogP contribution in [-0.2, 0) is 14.9 Å². The summed E-state index contributed by atoms with van der Waals surface area (Å²) >= 11 is 0. The average Bonchev–Trinajstić information content (AvgIpc) is 2.22. The van der Waals surface area contributed by atoms with E-state index in [0.717, 1.165) is 18.3 Å². The molecule has 0 spiro atoms. The van der Waals surface area contributed by atoms with Crippen molar-refractivity contribution in [2.45, 2.75) is 38.5 Å². The van der Waals surface area contributed by atoms with Crippen LogP contribution in [-0.4, -0.2) is 19.3 Å². The Morgan fingerprint density at radius 2 is 1.88 bits per heavy atom. The number of rotatable bonds is 3. The van der Waals surface area contributed by atoms with Crippen LogP contribution in [0.25, 0.3) is 0 Å². The molecule has 0 heterocycles. The molecule has 1 rings (SSSR count). The first-order chi connectivity index (χ1) is 7.84. The summed E-state index contributed by atoms with van der Waals surface area (Å²) in [6.07, 6.45) is 2.61. The van der Waals surface area contributed by atoms with Crippen LogP contribution in [0.5, 0.6) is 0 Å². The van der Waals surface area contributed by atoms with Gasteiger partial charge in [-0.25, -0.2) is 0 Å². The van der Waals surface area contributed by atoms with Gasteiger partial charge in [-0.3, -0.25) is 4.55 Å². The lowest BCUT2D eigenvalue weighted by molar-refractivity contribution is -0.107. The van der Waals surface area contributed by atoms with Gasteiger partial charge in [-0.1, -0.05) is 19.1 Å². The van der Waals surface area contributed by atoms with Crippen molar-refractivity contribution >= 4 is 16.4 Å². The van der Waals surface area contributed by atoms with Crippen LogP contribution in [0.2, 0.25) is 0 Å². The van der Waals surface area contributed by atoms with Crippen LogP contribution in [0.15, 0.2) is 23.1 Å². The summed E-state index contributed by atoms with van der Waals surface area (Å²) in [5, 5.41) is 0. The van der Waals surface area contributed by atoms with Crippen molar-refractivity contribution in [3.05, 3.63) is 29.3 Å². The van der Waals surface area contributed by atoms with Gasteiger partial charge in [-0.2, -0.15) is 8.42 Å². The maximum Gasteiger partial charge on any atom is 0.294 e. The smallest absolute Gasteiger partial charge is 0.294 e. The number of aryl methyl sites for hydroxylation is 1. The highest BCUT2D eigenvalue weighted by Crippen LogP contribution is 2.17. The average molecular weight is 258 g/mol. The van der Waals surface area contributed by atoms with Gasteiger partial charge in [0.15, 0.2) is 0 Å². The largest absolute Gasteiger partial charge is 0.303 e. The molecule has 0 saturated heterocycles. The summed E-state index contributed by atoms with van der Waals surface area (Å²) in [5.41, 5.74) is 1.45. The third-order valence-corrected chi connectivity index (χ3v) is 3.24. The maximum absolute atomic E-state index is 10.8. The summed E-state index contributed by atoms with van der Waals surface area (Å²) in [6, 6.07) is 4.78. The number of aldehydes is 1. The van der Waals surface area contributed by atoms with Gasteiger partial charge in [0.1, 0.15) is 6.29 Å². The van der Waals surface area contributed by atoms with Gasteiger partial charge in [0, 0.05) is 6.42 Å². The summed E-state index contributed by atoms with van der Waals surface area (Å²) < 4.78 is 30.3. The van der Waals surface area contributed by atoms with Crippen molar-refractivity contribution in [1.82, 2.24) is 0 Å². The van der Waals surface area contributed by atoms with E-state index >= 15 is 0 Å². The van der Waals surface area contributed by atoms with Crippen molar-refractivity contribution < 1.29 is 17.8 Å². The molecule has 0 aliphatic heterocycles. The van der Waals surface area contributed by atoms with Gasteiger partial charge in [0.05, 0.1) is 4.90 Å². The Labute approximate surface area is 102 Å². The summed E-state index contributed by atoms with van der Waals surface area (Å²) in [4.78, 5) is 9.39. The Kier molecular flexibility index (Phi) is 6.68. The second-order valence-corrected chi connectivity index (χ2v) is 5.02. The van der Waals surface area contributed by atoms with E-state index in [0.29, 0.717) is 12.0 Å². The van der Waals surface area contributed by atoms with E-state index in [1.54, 1.807) is 26.0 Å². The molecule has 0 aliphatic rings. The van der Waals surface area contributed by atoms with Crippen LogP contribution in [0.3, 0.4) is 0 Å². The fourth-order valence-electron chi connectivity index (χ4n) is 1.12. The number of carbonyl (C=O) groups excluding carboxylic acids is 1. The third-order valence-electron chi connectivity index (χ3n) is 2.24. The molecule has 0 atom stereocenters. The predicted molar refractivity (Wildman–Crippen MR) is 66.7 cm³/mol. The van der Waals surface area contributed by atoms with Gasteiger partial charge in [-0.05, 0) is 37.5 Å². The van der Waals surface area contributed by atoms with Crippen LogP contribution in [0.1, 0.15) is 30.9 Å². The van der Waals surface area contributed by atoms with Crippen molar-refractivity contribution in [2.24, 2.45) is 0 Å². The number of unbranched alkanes of at least 4 members (excludes halogenated alkanes) is 1. The Hall–Kier alpha value is -1.20. The van der Waals surface area contributed by atoms with E-state index in [2.05, 4.69) is 0 Å². The molecular formula is C12H18O4S. The van der Waals surface area contributed by atoms with Crippen molar-refractivity contribution in [1.29, 1.82) is 0 Å². The van der Waals surface area contributed by atoms with Gasteiger partial charge >= 0.3 is 0 Å². The zero-order valence-corrected chi connectivity index (χ0v) is 11.1. The molecule has 17 heavy (non-hydrogen) atoms. The van der Waals surface area contributed by atoms with Gasteiger partial charge in [0.2, 0.25) is 0 Å². The SMILES string of the molecule is CCCC=O.Cc1cccc(S(=O)(=O)O)c1C. The molecular weight excluding hydrogens is 240 g/mol. The molecule has 5 heteroatoms. The lowest BCUT2D eigenvalue weighted by Gasteiger charge is -2.03. The van der Waals surface area contributed by atoms with Gasteiger partial charge in [0.25, 0.3) is 10.1 Å². The summed E-state index contributed by atoms with van der Waals surface area (Å²) in [7, 11) is -4.06. The van der Waals surface area contributed by atoms with Crippen molar-refractivity contribution in [3.63, 3.8) is 0 Å². The Morgan fingerprint density at radius 1 is 1.29 bits per heavy atom. The van der Waals surface area contributed by atoms with Crippen LogP contribution in [0, 0.1) is 13.8 Å². The quantitative estimate of drug-likeness (QED) is 0.668. The first kappa shape index (κ1) is 15.8. The normalized spacial score (nSPS) is 10.4.